The molecule has 134 valence electrons. The normalized spacial score (nSPS) is 17.2. The summed E-state index contributed by atoms with van der Waals surface area (Å²) in [6.07, 6.45) is 0. The van der Waals surface area contributed by atoms with Gasteiger partial charge in [0, 0.05) is 7.05 Å². The Morgan fingerprint density at radius 2 is 1.96 bits per heavy atom. The van der Waals surface area contributed by atoms with Crippen LogP contribution in [0.2, 0.25) is 0 Å². The zero-order valence-corrected chi connectivity index (χ0v) is 15.6. The SMILES string of the molecule is C=C(C)Cn1c(=O)c2c(nc3n2C(C)C(C)=NN3C(C)C)n(C)c1=O. The van der Waals surface area contributed by atoms with Crippen molar-refractivity contribution < 1.29 is 0 Å². The highest BCUT2D eigenvalue weighted by molar-refractivity contribution is 5.91. The van der Waals surface area contributed by atoms with Crippen molar-refractivity contribution in [1.29, 1.82) is 0 Å². The molecule has 0 aromatic carbocycles. The first-order valence-corrected chi connectivity index (χ1v) is 8.35. The minimum Gasteiger partial charge on any atom is -0.294 e. The number of hydrogen-bond acceptors (Lipinski definition) is 5. The second-order valence-corrected chi connectivity index (χ2v) is 7.00. The molecule has 1 atom stereocenters. The quantitative estimate of drug-likeness (QED) is 0.793. The minimum atomic E-state index is -0.391. The fraction of sp³-hybridized carbons (Fsp3) is 0.529. The molecule has 0 amide bonds. The Kier molecular flexibility index (Phi) is 3.93. The van der Waals surface area contributed by atoms with Gasteiger partial charge < -0.3 is 0 Å². The number of anilines is 1. The summed E-state index contributed by atoms with van der Waals surface area (Å²) in [7, 11) is 1.64. The van der Waals surface area contributed by atoms with Gasteiger partial charge in [0.2, 0.25) is 5.95 Å². The molecular weight excluding hydrogens is 320 g/mol. The molecule has 1 unspecified atom stereocenters. The Labute approximate surface area is 145 Å². The number of imidazole rings is 1. The molecule has 0 spiro atoms. The molecule has 0 radical (unpaired) electrons. The summed E-state index contributed by atoms with van der Waals surface area (Å²) in [5.74, 6) is 0.586. The van der Waals surface area contributed by atoms with Crippen molar-refractivity contribution in [3.63, 3.8) is 0 Å². The highest BCUT2D eigenvalue weighted by Gasteiger charge is 2.31. The third kappa shape index (κ3) is 2.43. The van der Waals surface area contributed by atoms with E-state index in [1.807, 2.05) is 32.3 Å². The van der Waals surface area contributed by atoms with Gasteiger partial charge in [0.1, 0.15) is 0 Å². The van der Waals surface area contributed by atoms with Crippen LogP contribution in [-0.2, 0) is 13.6 Å². The molecule has 1 aliphatic rings. The number of rotatable bonds is 3. The highest BCUT2D eigenvalue weighted by atomic mass is 16.2. The summed E-state index contributed by atoms with van der Waals surface area (Å²) >= 11 is 0. The standard InChI is InChI=1S/C17H24N6O2/c1-9(2)8-21-15(24)13-14(20(7)17(21)25)18-16-22(13)12(6)11(5)19-23(16)10(3)4/h10,12H,1,8H2,2-7H3. The molecule has 3 rings (SSSR count). The van der Waals surface area contributed by atoms with Gasteiger partial charge in [0.05, 0.1) is 24.3 Å². The summed E-state index contributed by atoms with van der Waals surface area (Å²) in [6.45, 7) is 13.7. The second-order valence-electron chi connectivity index (χ2n) is 7.00. The van der Waals surface area contributed by atoms with Gasteiger partial charge in [-0.1, -0.05) is 12.2 Å². The van der Waals surface area contributed by atoms with Gasteiger partial charge in [0.25, 0.3) is 5.56 Å². The van der Waals surface area contributed by atoms with Gasteiger partial charge in [-0.3, -0.25) is 18.5 Å². The van der Waals surface area contributed by atoms with Gasteiger partial charge in [0.15, 0.2) is 11.2 Å². The maximum Gasteiger partial charge on any atom is 0.332 e. The van der Waals surface area contributed by atoms with Gasteiger partial charge >= 0.3 is 5.69 Å². The summed E-state index contributed by atoms with van der Waals surface area (Å²) < 4.78 is 4.52. The van der Waals surface area contributed by atoms with E-state index in [9.17, 15) is 9.59 Å². The summed E-state index contributed by atoms with van der Waals surface area (Å²) in [5.41, 5.74) is 1.70. The van der Waals surface area contributed by atoms with Crippen molar-refractivity contribution in [1.82, 2.24) is 18.7 Å². The van der Waals surface area contributed by atoms with Crippen molar-refractivity contribution in [2.24, 2.45) is 12.1 Å². The molecular formula is C17H24N6O2. The lowest BCUT2D eigenvalue weighted by Gasteiger charge is -2.31. The maximum atomic E-state index is 13.1. The maximum absolute atomic E-state index is 13.1. The van der Waals surface area contributed by atoms with Crippen LogP contribution >= 0.6 is 0 Å². The second kappa shape index (κ2) is 5.72. The number of nitrogens with zero attached hydrogens (tertiary/aromatic N) is 6. The van der Waals surface area contributed by atoms with Gasteiger partial charge in [-0.05, 0) is 34.6 Å². The van der Waals surface area contributed by atoms with Crippen LogP contribution in [0.5, 0.6) is 0 Å². The molecule has 25 heavy (non-hydrogen) atoms. The average molecular weight is 344 g/mol. The molecule has 0 aliphatic carbocycles. The van der Waals surface area contributed by atoms with Crippen molar-refractivity contribution in [2.45, 2.75) is 53.2 Å². The fourth-order valence-corrected chi connectivity index (χ4v) is 3.10. The van der Waals surface area contributed by atoms with E-state index in [1.54, 1.807) is 19.0 Å². The van der Waals surface area contributed by atoms with Crippen LogP contribution < -0.4 is 16.3 Å². The van der Waals surface area contributed by atoms with E-state index in [2.05, 4.69) is 16.7 Å². The predicted octanol–water partition coefficient (Wildman–Crippen LogP) is 1.64. The Morgan fingerprint density at radius 1 is 1.32 bits per heavy atom. The van der Waals surface area contributed by atoms with Crippen molar-refractivity contribution >= 4 is 22.8 Å². The average Bonchev–Trinajstić information content (AvgIpc) is 2.93. The molecule has 8 heteroatoms. The van der Waals surface area contributed by atoms with E-state index in [-0.39, 0.29) is 24.2 Å². The van der Waals surface area contributed by atoms with Crippen molar-refractivity contribution in [3.8, 4) is 0 Å². The van der Waals surface area contributed by atoms with E-state index in [0.717, 1.165) is 11.3 Å². The molecule has 0 saturated heterocycles. The van der Waals surface area contributed by atoms with E-state index >= 15 is 0 Å². The first-order valence-electron chi connectivity index (χ1n) is 8.35. The molecule has 1 aliphatic heterocycles. The van der Waals surface area contributed by atoms with Gasteiger partial charge in [-0.25, -0.2) is 9.80 Å². The zero-order valence-electron chi connectivity index (χ0n) is 15.6. The van der Waals surface area contributed by atoms with Gasteiger partial charge in [-0.15, -0.1) is 0 Å². The molecule has 2 aromatic rings. The third-order valence-electron chi connectivity index (χ3n) is 4.54. The summed E-state index contributed by atoms with van der Waals surface area (Å²) in [5, 5.41) is 6.40. The van der Waals surface area contributed by atoms with Crippen molar-refractivity contribution in [3.05, 3.63) is 33.0 Å². The Hall–Kier alpha value is -2.64. The summed E-state index contributed by atoms with van der Waals surface area (Å²) in [4.78, 5) is 30.3. The third-order valence-corrected chi connectivity index (χ3v) is 4.54. The highest BCUT2D eigenvalue weighted by Crippen LogP contribution is 2.30. The predicted molar refractivity (Wildman–Crippen MR) is 99.5 cm³/mol. The first kappa shape index (κ1) is 17.2. The molecule has 0 saturated carbocycles. The van der Waals surface area contributed by atoms with Crippen LogP contribution in [0.3, 0.4) is 0 Å². The fourth-order valence-electron chi connectivity index (χ4n) is 3.10. The van der Waals surface area contributed by atoms with Crippen LogP contribution in [0, 0.1) is 0 Å². The zero-order chi connectivity index (χ0) is 18.6. The Morgan fingerprint density at radius 3 is 2.52 bits per heavy atom. The van der Waals surface area contributed by atoms with Crippen LogP contribution in [0.4, 0.5) is 5.95 Å². The monoisotopic (exact) mass is 344 g/mol. The molecule has 0 N–H and O–H groups in total. The smallest absolute Gasteiger partial charge is 0.294 e. The van der Waals surface area contributed by atoms with E-state index < -0.39 is 5.69 Å². The van der Waals surface area contributed by atoms with Crippen LogP contribution in [0.15, 0.2) is 26.8 Å². The number of allylic oxidation sites excluding steroid dienone is 1. The number of aromatic nitrogens is 4. The lowest BCUT2D eigenvalue weighted by Crippen LogP contribution is -2.41. The largest absolute Gasteiger partial charge is 0.332 e. The number of hydrogen-bond donors (Lipinski definition) is 0. The topological polar surface area (TPSA) is 77.4 Å². The molecule has 3 heterocycles. The number of aryl methyl sites for hydroxylation is 1. The molecule has 0 fully saturated rings. The minimum absolute atomic E-state index is 0.0766. The Bertz CT molecular complexity index is 1020. The van der Waals surface area contributed by atoms with Crippen LogP contribution in [0.1, 0.15) is 40.7 Å². The molecule has 2 aromatic heterocycles. The lowest BCUT2D eigenvalue weighted by molar-refractivity contribution is 0.595. The Balaban J connectivity index is 2.45. The molecule has 8 nitrogen and oxygen atoms in total. The van der Waals surface area contributed by atoms with E-state index in [4.69, 9.17) is 0 Å². The van der Waals surface area contributed by atoms with Crippen molar-refractivity contribution in [2.75, 3.05) is 5.01 Å². The van der Waals surface area contributed by atoms with E-state index in [1.165, 1.54) is 9.13 Å². The summed E-state index contributed by atoms with van der Waals surface area (Å²) in [6, 6.07) is -0.0360. The number of hydrazone groups is 1. The lowest BCUT2D eigenvalue weighted by atomic mass is 10.2. The number of fused-ring (bicyclic) bond motifs is 3. The van der Waals surface area contributed by atoms with Crippen LogP contribution in [-0.4, -0.2) is 30.4 Å². The van der Waals surface area contributed by atoms with Crippen LogP contribution in [0.25, 0.3) is 11.2 Å². The first-order chi connectivity index (χ1) is 11.6. The van der Waals surface area contributed by atoms with Gasteiger partial charge in [-0.2, -0.15) is 10.1 Å². The van der Waals surface area contributed by atoms with E-state index in [0.29, 0.717) is 17.1 Å². The molecule has 0 bridgehead atoms.